The van der Waals surface area contributed by atoms with Crippen molar-refractivity contribution in [2.75, 3.05) is 0 Å². The lowest BCUT2D eigenvalue weighted by Crippen LogP contribution is -2.06. The zero-order valence-corrected chi connectivity index (χ0v) is 9.33. The molecule has 0 unspecified atom stereocenters. The summed E-state index contributed by atoms with van der Waals surface area (Å²) in [4.78, 5) is 0. The molecule has 0 saturated carbocycles. The van der Waals surface area contributed by atoms with Gasteiger partial charge >= 0.3 is 0 Å². The second kappa shape index (κ2) is 3.93. The van der Waals surface area contributed by atoms with Crippen molar-refractivity contribution in [3.63, 3.8) is 0 Å². The van der Waals surface area contributed by atoms with Gasteiger partial charge in [0.2, 0.25) is 0 Å². The van der Waals surface area contributed by atoms with Crippen molar-refractivity contribution < 1.29 is 0 Å². The molecule has 0 heterocycles. The molecule has 1 aliphatic carbocycles. The lowest BCUT2D eigenvalue weighted by Gasteiger charge is -2.18. The van der Waals surface area contributed by atoms with E-state index in [1.165, 1.54) is 11.1 Å². The van der Waals surface area contributed by atoms with Crippen molar-refractivity contribution in [1.82, 2.24) is 0 Å². The Kier molecular flexibility index (Phi) is 2.63. The van der Waals surface area contributed by atoms with Crippen LogP contribution in [0.15, 0.2) is 42.0 Å². The molecule has 0 radical (unpaired) electrons. The van der Waals surface area contributed by atoms with Crippen LogP contribution >= 0.6 is 0 Å². The van der Waals surface area contributed by atoms with E-state index < -0.39 is 0 Å². The van der Waals surface area contributed by atoms with Crippen molar-refractivity contribution in [1.29, 1.82) is 0 Å². The highest BCUT2D eigenvalue weighted by Crippen LogP contribution is 2.29. The van der Waals surface area contributed by atoms with Gasteiger partial charge in [-0.05, 0) is 30.4 Å². The molecule has 1 heteroatoms. The van der Waals surface area contributed by atoms with Gasteiger partial charge in [-0.2, -0.15) is 0 Å². The molecule has 1 aromatic carbocycles. The Morgan fingerprint density at radius 1 is 1.27 bits per heavy atom. The van der Waals surface area contributed by atoms with Crippen molar-refractivity contribution in [3.05, 3.63) is 53.1 Å². The monoisotopic (exact) mass is 199 g/mol. The highest BCUT2D eigenvalue weighted by molar-refractivity contribution is 5.71. The molecule has 1 nitrogen and oxygen atoms in total. The first-order chi connectivity index (χ1) is 7.20. The van der Waals surface area contributed by atoms with Gasteiger partial charge in [0.1, 0.15) is 0 Å². The van der Waals surface area contributed by atoms with Gasteiger partial charge in [-0.15, -0.1) is 0 Å². The quantitative estimate of drug-likeness (QED) is 0.680. The highest BCUT2D eigenvalue weighted by atomic mass is 14.6. The number of hydrogen-bond donors (Lipinski definition) is 1. The van der Waals surface area contributed by atoms with Crippen LogP contribution in [0.5, 0.6) is 0 Å². The van der Waals surface area contributed by atoms with E-state index in [2.05, 4.69) is 50.3 Å². The fourth-order valence-corrected chi connectivity index (χ4v) is 2.05. The van der Waals surface area contributed by atoms with E-state index in [9.17, 15) is 0 Å². The van der Waals surface area contributed by atoms with Gasteiger partial charge < -0.3 is 5.73 Å². The fraction of sp³-hybridized carbons (Fsp3) is 0.286. The van der Waals surface area contributed by atoms with Crippen LogP contribution in [0.1, 0.15) is 37.3 Å². The van der Waals surface area contributed by atoms with Gasteiger partial charge in [0, 0.05) is 11.3 Å². The SMILES string of the molecule is CC1=C(N)c2ccccc2[C@H](C)CC=C1. The molecule has 2 rings (SSSR count). The molecule has 1 atom stereocenters. The van der Waals surface area contributed by atoms with Gasteiger partial charge in [-0.1, -0.05) is 43.3 Å². The van der Waals surface area contributed by atoms with Crippen LogP contribution in [0.3, 0.4) is 0 Å². The third-order valence-electron chi connectivity index (χ3n) is 3.06. The summed E-state index contributed by atoms with van der Waals surface area (Å²) in [5, 5.41) is 0. The first-order valence-corrected chi connectivity index (χ1v) is 5.42. The smallest absolute Gasteiger partial charge is 0.0420 e. The van der Waals surface area contributed by atoms with Crippen LogP contribution in [0.2, 0.25) is 0 Å². The average Bonchev–Trinajstić information content (AvgIpc) is 2.26. The van der Waals surface area contributed by atoms with Gasteiger partial charge in [0.15, 0.2) is 0 Å². The summed E-state index contributed by atoms with van der Waals surface area (Å²) in [6.45, 7) is 4.32. The molecule has 1 aromatic rings. The third kappa shape index (κ3) is 1.82. The van der Waals surface area contributed by atoms with E-state index in [-0.39, 0.29) is 0 Å². The predicted molar refractivity (Wildman–Crippen MR) is 65.4 cm³/mol. The maximum Gasteiger partial charge on any atom is 0.0420 e. The molecular formula is C14H17N. The fourth-order valence-electron chi connectivity index (χ4n) is 2.05. The minimum atomic E-state index is 0.545. The Morgan fingerprint density at radius 3 is 2.80 bits per heavy atom. The number of fused-ring (bicyclic) bond motifs is 1. The third-order valence-corrected chi connectivity index (χ3v) is 3.06. The number of allylic oxidation sites excluding steroid dienone is 3. The van der Waals surface area contributed by atoms with Crippen LogP contribution in [0.25, 0.3) is 5.70 Å². The Bertz CT molecular complexity index is 427. The van der Waals surface area contributed by atoms with E-state index in [0.717, 1.165) is 17.7 Å². The molecule has 2 N–H and O–H groups in total. The summed E-state index contributed by atoms with van der Waals surface area (Å²) in [6, 6.07) is 8.43. The average molecular weight is 199 g/mol. The van der Waals surface area contributed by atoms with E-state index >= 15 is 0 Å². The first-order valence-electron chi connectivity index (χ1n) is 5.42. The molecule has 0 amide bonds. The highest BCUT2D eigenvalue weighted by Gasteiger charge is 2.13. The molecule has 15 heavy (non-hydrogen) atoms. The molecule has 0 saturated heterocycles. The van der Waals surface area contributed by atoms with Crippen molar-refractivity contribution in [2.45, 2.75) is 26.2 Å². The lowest BCUT2D eigenvalue weighted by atomic mass is 9.88. The minimum absolute atomic E-state index is 0.545. The van der Waals surface area contributed by atoms with Crippen LogP contribution in [0, 0.1) is 0 Å². The van der Waals surface area contributed by atoms with Crippen molar-refractivity contribution in [3.8, 4) is 0 Å². The van der Waals surface area contributed by atoms with Crippen molar-refractivity contribution in [2.24, 2.45) is 5.73 Å². The predicted octanol–water partition coefficient (Wildman–Crippen LogP) is 3.44. The second-order valence-corrected chi connectivity index (χ2v) is 4.22. The zero-order chi connectivity index (χ0) is 10.8. The van der Waals surface area contributed by atoms with Gasteiger partial charge in [0.25, 0.3) is 0 Å². The van der Waals surface area contributed by atoms with E-state index in [4.69, 9.17) is 5.73 Å². The summed E-state index contributed by atoms with van der Waals surface area (Å²) in [7, 11) is 0. The van der Waals surface area contributed by atoms with Crippen LogP contribution < -0.4 is 5.73 Å². The first kappa shape index (κ1) is 10.0. The molecule has 0 spiro atoms. The summed E-state index contributed by atoms with van der Waals surface area (Å²) in [6.07, 6.45) is 5.42. The maximum atomic E-state index is 6.15. The van der Waals surface area contributed by atoms with E-state index in [0.29, 0.717) is 5.92 Å². The van der Waals surface area contributed by atoms with Gasteiger partial charge in [0.05, 0.1) is 0 Å². The Labute approximate surface area is 91.3 Å². The summed E-state index contributed by atoms with van der Waals surface area (Å²) < 4.78 is 0. The van der Waals surface area contributed by atoms with Crippen LogP contribution in [0.4, 0.5) is 0 Å². The zero-order valence-electron chi connectivity index (χ0n) is 9.33. The maximum absolute atomic E-state index is 6.15. The summed E-state index contributed by atoms with van der Waals surface area (Å²) in [5.74, 6) is 0.545. The largest absolute Gasteiger partial charge is 0.398 e. The van der Waals surface area contributed by atoms with E-state index in [1.807, 2.05) is 0 Å². The second-order valence-electron chi connectivity index (χ2n) is 4.22. The molecule has 0 fully saturated rings. The normalized spacial score (nSPS) is 20.8. The Hall–Kier alpha value is -1.50. The number of nitrogens with two attached hydrogens (primary N) is 1. The standard InChI is InChI=1S/C14H17N/c1-10-6-5-7-11(2)14(15)13-9-4-3-8-12(10)13/h3-5,7-10H,6,15H2,1-2H3/t10-/m1/s1. The Morgan fingerprint density at radius 2 is 2.00 bits per heavy atom. The summed E-state index contributed by atoms with van der Waals surface area (Å²) >= 11 is 0. The van der Waals surface area contributed by atoms with Gasteiger partial charge in [-0.3, -0.25) is 0 Å². The molecule has 1 aliphatic rings. The molecular weight excluding hydrogens is 182 g/mol. The van der Waals surface area contributed by atoms with Crippen LogP contribution in [-0.2, 0) is 0 Å². The Balaban J connectivity index is 2.63. The topological polar surface area (TPSA) is 26.0 Å². The lowest BCUT2D eigenvalue weighted by molar-refractivity contribution is 0.775. The number of hydrogen-bond acceptors (Lipinski definition) is 1. The van der Waals surface area contributed by atoms with Crippen LogP contribution in [-0.4, -0.2) is 0 Å². The summed E-state index contributed by atoms with van der Waals surface area (Å²) in [5.41, 5.74) is 10.8. The number of rotatable bonds is 0. The number of benzene rings is 1. The molecule has 0 aliphatic heterocycles. The minimum Gasteiger partial charge on any atom is -0.398 e. The van der Waals surface area contributed by atoms with Gasteiger partial charge in [-0.25, -0.2) is 0 Å². The molecule has 78 valence electrons. The van der Waals surface area contributed by atoms with E-state index in [1.54, 1.807) is 0 Å². The molecule has 0 bridgehead atoms. The van der Waals surface area contributed by atoms with Crippen molar-refractivity contribution >= 4 is 5.70 Å². The molecule has 0 aromatic heterocycles.